The highest BCUT2D eigenvalue weighted by Crippen LogP contribution is 2.20. The predicted octanol–water partition coefficient (Wildman–Crippen LogP) is 3.78. The number of rotatable bonds is 6. The molecule has 88 valence electrons. The maximum atomic E-state index is 5.78. The molecule has 0 heterocycles. The molecule has 0 unspecified atom stereocenters. The lowest BCUT2D eigenvalue weighted by molar-refractivity contribution is 0.0175. The summed E-state index contributed by atoms with van der Waals surface area (Å²) in [5, 5.41) is 0. The molecule has 0 fully saturated rings. The lowest BCUT2D eigenvalue weighted by Gasteiger charge is -2.27. The van der Waals surface area contributed by atoms with Gasteiger partial charge in [0, 0.05) is 6.42 Å². The van der Waals surface area contributed by atoms with Gasteiger partial charge in [-0.1, -0.05) is 24.8 Å². The summed E-state index contributed by atoms with van der Waals surface area (Å²) in [6.45, 7) is 9.67. The number of benzene rings is 1. The van der Waals surface area contributed by atoms with Crippen molar-refractivity contribution in [3.8, 4) is 5.75 Å². The van der Waals surface area contributed by atoms with Gasteiger partial charge < -0.3 is 9.47 Å². The van der Waals surface area contributed by atoms with Crippen LogP contribution in [0, 0.1) is 0 Å². The second-order valence-electron chi connectivity index (χ2n) is 4.49. The fraction of sp³-hybridized carbons (Fsp3) is 0.429. The van der Waals surface area contributed by atoms with Crippen LogP contribution in [0.1, 0.15) is 27.2 Å². The van der Waals surface area contributed by atoms with E-state index in [1.54, 1.807) is 0 Å². The van der Waals surface area contributed by atoms with Crippen molar-refractivity contribution in [1.82, 2.24) is 0 Å². The zero-order valence-corrected chi connectivity index (χ0v) is 10.3. The van der Waals surface area contributed by atoms with E-state index >= 15 is 0 Å². The molecule has 2 heteroatoms. The van der Waals surface area contributed by atoms with Gasteiger partial charge in [0.15, 0.2) is 0 Å². The molecule has 0 spiro atoms. The minimum Gasteiger partial charge on any atom is -0.496 e. The van der Waals surface area contributed by atoms with Gasteiger partial charge >= 0.3 is 0 Å². The van der Waals surface area contributed by atoms with Crippen molar-refractivity contribution < 1.29 is 9.47 Å². The normalized spacial score (nSPS) is 12.9. The van der Waals surface area contributed by atoms with Crippen LogP contribution >= 0.6 is 0 Å². The summed E-state index contributed by atoms with van der Waals surface area (Å²) in [5.41, 5.74) is -0.240. The molecule has 1 atom stereocenters. The largest absolute Gasteiger partial charge is 0.496 e. The molecule has 2 nitrogen and oxygen atoms in total. The van der Waals surface area contributed by atoms with Gasteiger partial charge in [-0.2, -0.15) is 0 Å². The van der Waals surface area contributed by atoms with Crippen LogP contribution in [-0.2, 0) is 4.74 Å². The summed E-state index contributed by atoms with van der Waals surface area (Å²) >= 11 is 0. The van der Waals surface area contributed by atoms with Crippen molar-refractivity contribution in [2.24, 2.45) is 0 Å². The van der Waals surface area contributed by atoms with Crippen molar-refractivity contribution in [2.45, 2.75) is 38.9 Å². The SMILES string of the molecule is C=COC(C)(C)C[C@@H](C)Oc1ccccc1. The first-order chi connectivity index (χ1) is 7.53. The summed E-state index contributed by atoms with van der Waals surface area (Å²) in [5.74, 6) is 0.893. The quantitative estimate of drug-likeness (QED) is 0.679. The molecule has 1 aromatic rings. The Labute approximate surface area is 97.9 Å². The highest BCUT2D eigenvalue weighted by atomic mass is 16.5. The van der Waals surface area contributed by atoms with E-state index in [0.29, 0.717) is 0 Å². The van der Waals surface area contributed by atoms with Gasteiger partial charge in [-0.05, 0) is 32.9 Å². The fourth-order valence-corrected chi connectivity index (χ4v) is 1.74. The van der Waals surface area contributed by atoms with E-state index < -0.39 is 0 Å². The molecule has 0 amide bonds. The summed E-state index contributed by atoms with van der Waals surface area (Å²) in [6, 6.07) is 9.82. The van der Waals surface area contributed by atoms with E-state index in [4.69, 9.17) is 9.47 Å². The topological polar surface area (TPSA) is 18.5 Å². The Bertz CT molecular complexity index is 317. The molecule has 0 aliphatic heterocycles. The lowest BCUT2D eigenvalue weighted by atomic mass is 10.0. The minimum atomic E-state index is -0.240. The molecule has 0 aliphatic carbocycles. The van der Waals surface area contributed by atoms with Crippen LogP contribution < -0.4 is 4.74 Å². The molecule has 16 heavy (non-hydrogen) atoms. The van der Waals surface area contributed by atoms with Gasteiger partial charge in [-0.15, -0.1) is 0 Å². The van der Waals surface area contributed by atoms with Gasteiger partial charge in [0.1, 0.15) is 11.4 Å². The number of para-hydroxylation sites is 1. The van der Waals surface area contributed by atoms with Gasteiger partial charge in [0.25, 0.3) is 0 Å². The summed E-state index contributed by atoms with van der Waals surface area (Å²) in [7, 11) is 0. The third-order valence-electron chi connectivity index (χ3n) is 2.26. The van der Waals surface area contributed by atoms with Crippen LogP contribution in [0.15, 0.2) is 43.2 Å². The van der Waals surface area contributed by atoms with Gasteiger partial charge in [-0.3, -0.25) is 0 Å². The van der Waals surface area contributed by atoms with Crippen LogP contribution in [0.2, 0.25) is 0 Å². The highest BCUT2D eigenvalue weighted by molar-refractivity contribution is 5.21. The van der Waals surface area contributed by atoms with Crippen LogP contribution in [0.3, 0.4) is 0 Å². The molecule has 1 aromatic carbocycles. The zero-order chi connectivity index (χ0) is 12.0. The van der Waals surface area contributed by atoms with E-state index in [1.807, 2.05) is 51.1 Å². The first-order valence-electron chi connectivity index (χ1n) is 5.54. The second-order valence-corrected chi connectivity index (χ2v) is 4.49. The van der Waals surface area contributed by atoms with Crippen LogP contribution in [-0.4, -0.2) is 11.7 Å². The predicted molar refractivity (Wildman–Crippen MR) is 66.5 cm³/mol. The van der Waals surface area contributed by atoms with E-state index in [1.165, 1.54) is 6.26 Å². The molecule has 1 rings (SSSR count). The molecule has 0 bridgehead atoms. The van der Waals surface area contributed by atoms with Gasteiger partial charge in [0.05, 0.1) is 12.4 Å². The molecule has 0 N–H and O–H groups in total. The first kappa shape index (κ1) is 12.6. The van der Waals surface area contributed by atoms with Crippen molar-refractivity contribution >= 4 is 0 Å². The average Bonchev–Trinajstić information content (AvgIpc) is 2.17. The Hall–Kier alpha value is -1.44. The molecular weight excluding hydrogens is 200 g/mol. The van der Waals surface area contributed by atoms with Crippen LogP contribution in [0.5, 0.6) is 5.75 Å². The lowest BCUT2D eigenvalue weighted by Crippen LogP contribution is -2.29. The Kier molecular flexibility index (Phi) is 4.41. The van der Waals surface area contributed by atoms with Crippen LogP contribution in [0.4, 0.5) is 0 Å². The Morgan fingerprint density at radius 3 is 2.50 bits per heavy atom. The average molecular weight is 220 g/mol. The van der Waals surface area contributed by atoms with Gasteiger partial charge in [0.2, 0.25) is 0 Å². The molecule has 0 saturated heterocycles. The van der Waals surface area contributed by atoms with E-state index in [2.05, 4.69) is 6.58 Å². The number of ether oxygens (including phenoxy) is 2. The second kappa shape index (κ2) is 5.59. The Morgan fingerprint density at radius 1 is 1.31 bits per heavy atom. The minimum absolute atomic E-state index is 0.109. The van der Waals surface area contributed by atoms with Crippen molar-refractivity contribution in [1.29, 1.82) is 0 Å². The molecule has 0 saturated carbocycles. The highest BCUT2D eigenvalue weighted by Gasteiger charge is 2.22. The van der Waals surface area contributed by atoms with E-state index in [9.17, 15) is 0 Å². The Morgan fingerprint density at radius 2 is 1.94 bits per heavy atom. The van der Waals surface area contributed by atoms with Crippen molar-refractivity contribution in [3.05, 3.63) is 43.2 Å². The zero-order valence-electron chi connectivity index (χ0n) is 10.3. The van der Waals surface area contributed by atoms with E-state index in [-0.39, 0.29) is 11.7 Å². The van der Waals surface area contributed by atoms with Gasteiger partial charge in [-0.25, -0.2) is 0 Å². The summed E-state index contributed by atoms with van der Waals surface area (Å²) in [4.78, 5) is 0. The first-order valence-corrected chi connectivity index (χ1v) is 5.54. The maximum absolute atomic E-state index is 5.78. The van der Waals surface area contributed by atoms with Crippen LogP contribution in [0.25, 0.3) is 0 Å². The standard InChI is InChI=1S/C14H20O2/c1-5-15-14(3,4)11-12(2)16-13-9-7-6-8-10-13/h5-10,12H,1,11H2,2-4H3/t12-/m1/s1. The summed E-state index contributed by atoms with van der Waals surface area (Å²) < 4.78 is 11.2. The molecule has 0 aliphatic rings. The monoisotopic (exact) mass is 220 g/mol. The molecular formula is C14H20O2. The van der Waals surface area contributed by atoms with Crippen molar-refractivity contribution in [3.63, 3.8) is 0 Å². The maximum Gasteiger partial charge on any atom is 0.119 e. The third-order valence-corrected chi connectivity index (χ3v) is 2.26. The van der Waals surface area contributed by atoms with E-state index in [0.717, 1.165) is 12.2 Å². The number of hydrogen-bond donors (Lipinski definition) is 0. The molecule has 0 radical (unpaired) electrons. The fourth-order valence-electron chi connectivity index (χ4n) is 1.74. The Balaban J connectivity index is 2.47. The number of hydrogen-bond acceptors (Lipinski definition) is 2. The summed E-state index contributed by atoms with van der Waals surface area (Å²) in [6.07, 6.45) is 2.40. The van der Waals surface area contributed by atoms with Crippen molar-refractivity contribution in [2.75, 3.05) is 0 Å². The third kappa shape index (κ3) is 4.39. The smallest absolute Gasteiger partial charge is 0.119 e. The molecule has 0 aromatic heterocycles.